The fourth-order valence-corrected chi connectivity index (χ4v) is 2.61. The van der Waals surface area contributed by atoms with Crippen LogP contribution < -0.4 is 10.6 Å². The van der Waals surface area contributed by atoms with E-state index in [1.165, 1.54) is 0 Å². The van der Waals surface area contributed by atoms with Crippen LogP contribution in [0.3, 0.4) is 0 Å². The van der Waals surface area contributed by atoms with Crippen molar-refractivity contribution >= 4 is 21.8 Å². The molecule has 2 atom stereocenters. The number of likely N-dealkylation sites (N-methyl/N-ethyl adjacent to an activating group) is 1. The summed E-state index contributed by atoms with van der Waals surface area (Å²) in [6, 6.07) is 7.44. The lowest BCUT2D eigenvalue weighted by molar-refractivity contribution is -0.123. The van der Waals surface area contributed by atoms with Crippen LogP contribution >= 0.6 is 15.9 Å². The van der Waals surface area contributed by atoms with Gasteiger partial charge in [-0.3, -0.25) is 9.48 Å². The molecule has 0 fully saturated rings. The van der Waals surface area contributed by atoms with Gasteiger partial charge in [-0.25, -0.2) is 0 Å². The van der Waals surface area contributed by atoms with Gasteiger partial charge in [-0.15, -0.1) is 0 Å². The van der Waals surface area contributed by atoms with Gasteiger partial charge in [-0.05, 0) is 31.7 Å². The smallest absolute Gasteiger partial charge is 0.242 e. The number of carbonyl (C=O) groups is 1. The Kier molecular flexibility index (Phi) is 5.14. The van der Waals surface area contributed by atoms with E-state index in [-0.39, 0.29) is 11.9 Å². The van der Waals surface area contributed by atoms with E-state index in [2.05, 4.69) is 31.7 Å². The van der Waals surface area contributed by atoms with Crippen LogP contribution in [-0.2, 0) is 11.8 Å². The van der Waals surface area contributed by atoms with Crippen LogP contribution in [0.4, 0.5) is 0 Å². The second-order valence-electron chi connectivity index (χ2n) is 4.95. The van der Waals surface area contributed by atoms with Gasteiger partial charge < -0.3 is 10.6 Å². The Hall–Kier alpha value is -1.66. The Balaban J connectivity index is 2.09. The number of nitrogens with zero attached hydrogens (tertiary/aromatic N) is 2. The maximum Gasteiger partial charge on any atom is 0.242 e. The minimum absolute atomic E-state index is 0.0671. The molecule has 0 radical (unpaired) electrons. The van der Waals surface area contributed by atoms with E-state index in [9.17, 15) is 4.79 Å². The Morgan fingerprint density at radius 2 is 2.14 bits per heavy atom. The molecule has 1 aromatic heterocycles. The van der Waals surface area contributed by atoms with Crippen molar-refractivity contribution in [2.24, 2.45) is 7.05 Å². The van der Waals surface area contributed by atoms with Crippen molar-refractivity contribution in [3.63, 3.8) is 0 Å². The van der Waals surface area contributed by atoms with Crippen LogP contribution in [0.2, 0.25) is 0 Å². The summed E-state index contributed by atoms with van der Waals surface area (Å²) in [5.74, 6) is -0.0713. The molecule has 0 saturated carbocycles. The largest absolute Gasteiger partial charge is 0.348 e. The van der Waals surface area contributed by atoms with Crippen molar-refractivity contribution in [2.45, 2.75) is 19.0 Å². The van der Waals surface area contributed by atoms with Crippen LogP contribution in [0.1, 0.15) is 30.1 Å². The highest BCUT2D eigenvalue weighted by atomic mass is 79.9. The molecule has 2 rings (SSSR count). The van der Waals surface area contributed by atoms with Crippen LogP contribution in [0, 0.1) is 0 Å². The first kappa shape index (κ1) is 15.7. The minimum Gasteiger partial charge on any atom is -0.348 e. The van der Waals surface area contributed by atoms with Crippen LogP contribution in [0.15, 0.2) is 41.1 Å². The molecular formula is C15H19BrN4O. The second kappa shape index (κ2) is 6.87. The van der Waals surface area contributed by atoms with Gasteiger partial charge in [0.25, 0.3) is 0 Å². The molecule has 0 saturated heterocycles. The summed E-state index contributed by atoms with van der Waals surface area (Å²) < 4.78 is 2.68. The van der Waals surface area contributed by atoms with Crippen molar-refractivity contribution in [1.82, 2.24) is 20.4 Å². The molecule has 112 valence electrons. The van der Waals surface area contributed by atoms with Gasteiger partial charge in [-0.2, -0.15) is 5.10 Å². The fourth-order valence-electron chi connectivity index (χ4n) is 2.19. The average Bonchev–Trinajstić information content (AvgIpc) is 2.86. The van der Waals surface area contributed by atoms with E-state index in [0.717, 1.165) is 15.6 Å². The quantitative estimate of drug-likeness (QED) is 0.869. The first-order chi connectivity index (χ1) is 10.0. The third-order valence-electron chi connectivity index (χ3n) is 3.32. The van der Waals surface area contributed by atoms with Gasteiger partial charge in [0, 0.05) is 23.3 Å². The molecule has 0 aliphatic rings. The number of aromatic nitrogens is 2. The molecule has 2 aromatic rings. The maximum atomic E-state index is 12.4. The molecule has 0 spiro atoms. The Bertz CT molecular complexity index is 626. The standard InChI is InChI=1S/C15H19BrN4O/c1-10(11-5-4-6-13(16)7-11)19-15(21)14(17-2)12-8-18-20(3)9-12/h4-10,14,17H,1-3H3,(H,19,21). The molecule has 0 bridgehead atoms. The highest BCUT2D eigenvalue weighted by molar-refractivity contribution is 9.10. The number of benzene rings is 1. The SMILES string of the molecule is CNC(C(=O)NC(C)c1cccc(Br)c1)c1cnn(C)c1. The summed E-state index contributed by atoms with van der Waals surface area (Å²) in [6.07, 6.45) is 3.54. The van der Waals surface area contributed by atoms with E-state index in [4.69, 9.17) is 0 Å². The maximum absolute atomic E-state index is 12.4. The molecule has 0 aliphatic carbocycles. The predicted molar refractivity (Wildman–Crippen MR) is 85.7 cm³/mol. The zero-order valence-corrected chi connectivity index (χ0v) is 13.9. The van der Waals surface area contributed by atoms with Crippen molar-refractivity contribution in [1.29, 1.82) is 0 Å². The van der Waals surface area contributed by atoms with E-state index in [0.29, 0.717) is 0 Å². The van der Waals surface area contributed by atoms with Gasteiger partial charge in [0.15, 0.2) is 0 Å². The van der Waals surface area contributed by atoms with Gasteiger partial charge >= 0.3 is 0 Å². The van der Waals surface area contributed by atoms with Gasteiger partial charge in [-0.1, -0.05) is 28.1 Å². The lowest BCUT2D eigenvalue weighted by Gasteiger charge is -2.19. The molecule has 6 heteroatoms. The first-order valence-corrected chi connectivity index (χ1v) is 7.52. The van der Waals surface area contributed by atoms with Crippen molar-refractivity contribution in [2.75, 3.05) is 7.05 Å². The second-order valence-corrected chi connectivity index (χ2v) is 5.87. The molecule has 21 heavy (non-hydrogen) atoms. The Labute approximate surface area is 132 Å². The highest BCUT2D eigenvalue weighted by Crippen LogP contribution is 2.19. The molecule has 1 aromatic carbocycles. The van der Waals surface area contributed by atoms with E-state index in [1.54, 1.807) is 17.9 Å². The number of rotatable bonds is 5. The highest BCUT2D eigenvalue weighted by Gasteiger charge is 2.21. The third-order valence-corrected chi connectivity index (χ3v) is 3.81. The van der Waals surface area contributed by atoms with Gasteiger partial charge in [0.2, 0.25) is 5.91 Å². The topological polar surface area (TPSA) is 59.0 Å². The first-order valence-electron chi connectivity index (χ1n) is 6.73. The van der Waals surface area contributed by atoms with Crippen LogP contribution in [0.5, 0.6) is 0 Å². The van der Waals surface area contributed by atoms with Gasteiger partial charge in [0.1, 0.15) is 6.04 Å². The molecule has 0 aliphatic heterocycles. The Morgan fingerprint density at radius 3 is 2.71 bits per heavy atom. The predicted octanol–water partition coefficient (Wildman–Crippen LogP) is 2.32. The summed E-state index contributed by atoms with van der Waals surface area (Å²) in [5.41, 5.74) is 1.90. The van der Waals surface area contributed by atoms with Crippen LogP contribution in [-0.4, -0.2) is 22.7 Å². The zero-order chi connectivity index (χ0) is 15.4. The molecular weight excluding hydrogens is 332 g/mol. The summed E-state index contributed by atoms with van der Waals surface area (Å²) in [6.45, 7) is 1.97. The third kappa shape index (κ3) is 3.92. The number of amides is 1. The number of hydrogen-bond acceptors (Lipinski definition) is 3. The van der Waals surface area contributed by atoms with E-state index < -0.39 is 6.04 Å². The van der Waals surface area contributed by atoms with Crippen molar-refractivity contribution in [3.8, 4) is 0 Å². The molecule has 2 unspecified atom stereocenters. The number of halogens is 1. The minimum atomic E-state index is -0.409. The zero-order valence-electron chi connectivity index (χ0n) is 12.3. The Morgan fingerprint density at radius 1 is 1.38 bits per heavy atom. The lowest BCUT2D eigenvalue weighted by atomic mass is 10.1. The number of hydrogen-bond donors (Lipinski definition) is 2. The molecule has 2 N–H and O–H groups in total. The summed E-state index contributed by atoms with van der Waals surface area (Å²) in [5, 5.41) is 10.2. The number of aryl methyl sites for hydroxylation is 1. The van der Waals surface area contributed by atoms with Gasteiger partial charge in [0.05, 0.1) is 12.2 Å². The van der Waals surface area contributed by atoms with Crippen molar-refractivity contribution < 1.29 is 4.79 Å². The number of nitrogens with one attached hydrogen (secondary N) is 2. The van der Waals surface area contributed by atoms with E-state index >= 15 is 0 Å². The van der Waals surface area contributed by atoms with Crippen molar-refractivity contribution in [3.05, 3.63) is 52.3 Å². The van der Waals surface area contributed by atoms with E-state index in [1.807, 2.05) is 44.4 Å². The monoisotopic (exact) mass is 350 g/mol. The summed E-state index contributed by atoms with van der Waals surface area (Å²) in [4.78, 5) is 12.4. The summed E-state index contributed by atoms with van der Waals surface area (Å²) >= 11 is 3.44. The molecule has 5 nitrogen and oxygen atoms in total. The summed E-state index contributed by atoms with van der Waals surface area (Å²) in [7, 11) is 3.60. The fraction of sp³-hybridized carbons (Fsp3) is 0.333. The lowest BCUT2D eigenvalue weighted by Crippen LogP contribution is -2.37. The van der Waals surface area contributed by atoms with Crippen LogP contribution in [0.25, 0.3) is 0 Å². The number of carbonyl (C=O) groups excluding carboxylic acids is 1. The molecule has 1 heterocycles. The molecule has 1 amide bonds. The normalized spacial score (nSPS) is 13.7. The average molecular weight is 351 g/mol.